The van der Waals surface area contributed by atoms with E-state index in [0.29, 0.717) is 25.4 Å². The highest BCUT2D eigenvalue weighted by Gasteiger charge is 2.30. The minimum absolute atomic E-state index is 0.000637. The van der Waals surface area contributed by atoms with Gasteiger partial charge in [0.05, 0.1) is 6.04 Å². The zero-order valence-corrected chi connectivity index (χ0v) is 28.4. The SMILES string of the molecule is CC(C)(C)OC(=O)NC(Cc1ccc(C2=C[C@@H](C(=O)NCC3CCCc4ccccc43)NC2)cc1)C(O)NC1CCCc2ccccc21. The van der Waals surface area contributed by atoms with Crippen molar-refractivity contribution in [2.24, 2.45) is 0 Å². The van der Waals surface area contributed by atoms with Crippen LogP contribution in [-0.2, 0) is 28.8 Å². The van der Waals surface area contributed by atoms with Crippen LogP contribution in [0.1, 0.15) is 91.8 Å². The molecule has 2 amide bonds. The molecule has 0 aromatic heterocycles. The quantitative estimate of drug-likeness (QED) is 0.180. The first-order valence-corrected chi connectivity index (χ1v) is 17.5. The fourth-order valence-corrected chi connectivity index (χ4v) is 7.36. The van der Waals surface area contributed by atoms with Crippen molar-refractivity contribution in [2.45, 2.75) is 102 Å². The molecule has 48 heavy (non-hydrogen) atoms. The molecule has 8 nitrogen and oxygen atoms in total. The van der Waals surface area contributed by atoms with E-state index in [1.54, 1.807) is 0 Å². The van der Waals surface area contributed by atoms with Crippen molar-refractivity contribution < 1.29 is 19.4 Å². The predicted octanol–water partition coefficient (Wildman–Crippen LogP) is 5.70. The zero-order valence-electron chi connectivity index (χ0n) is 28.4. The smallest absolute Gasteiger partial charge is 0.408 e. The summed E-state index contributed by atoms with van der Waals surface area (Å²) < 4.78 is 5.55. The van der Waals surface area contributed by atoms with Gasteiger partial charge in [-0.2, -0.15) is 0 Å². The minimum Gasteiger partial charge on any atom is -0.444 e. The molecule has 6 rings (SSSR count). The average molecular weight is 651 g/mol. The zero-order chi connectivity index (χ0) is 33.7. The van der Waals surface area contributed by atoms with Gasteiger partial charge in [-0.3, -0.25) is 15.4 Å². The fraction of sp³-hybridized carbons (Fsp3) is 0.450. The summed E-state index contributed by atoms with van der Waals surface area (Å²) in [6, 6.07) is 24.1. The molecule has 3 aliphatic rings. The van der Waals surface area contributed by atoms with E-state index in [0.717, 1.165) is 55.2 Å². The third-order valence-electron chi connectivity index (χ3n) is 9.78. The van der Waals surface area contributed by atoms with Gasteiger partial charge in [-0.25, -0.2) is 4.79 Å². The number of aryl methyl sites for hydroxylation is 2. The number of amides is 2. The molecule has 0 spiro atoms. The Bertz CT molecular complexity index is 1610. The summed E-state index contributed by atoms with van der Waals surface area (Å²) in [5.41, 5.74) is 7.70. The minimum atomic E-state index is -0.989. The van der Waals surface area contributed by atoms with Gasteiger partial charge in [0.15, 0.2) is 0 Å². The molecule has 5 atom stereocenters. The molecule has 0 fully saturated rings. The molecule has 2 aliphatic carbocycles. The number of ether oxygens (including phenoxy) is 1. The number of fused-ring (bicyclic) bond motifs is 2. The van der Waals surface area contributed by atoms with Gasteiger partial charge in [0.2, 0.25) is 5.91 Å². The molecule has 0 radical (unpaired) electrons. The third-order valence-corrected chi connectivity index (χ3v) is 9.78. The topological polar surface area (TPSA) is 112 Å². The molecular formula is C40H50N4O4. The lowest BCUT2D eigenvalue weighted by Gasteiger charge is -2.33. The molecule has 8 heteroatoms. The Morgan fingerprint density at radius 1 is 0.917 bits per heavy atom. The second-order valence-corrected chi connectivity index (χ2v) is 14.5. The molecule has 0 bridgehead atoms. The van der Waals surface area contributed by atoms with Crippen molar-refractivity contribution in [3.8, 4) is 0 Å². The first-order valence-electron chi connectivity index (χ1n) is 17.5. The molecule has 4 unspecified atom stereocenters. The molecule has 0 saturated heterocycles. The van der Waals surface area contributed by atoms with Crippen LogP contribution in [0, 0.1) is 0 Å². The molecule has 5 N–H and O–H groups in total. The van der Waals surface area contributed by atoms with E-state index in [1.807, 2.05) is 57.2 Å². The molecular weight excluding hydrogens is 600 g/mol. The molecule has 0 saturated carbocycles. The van der Waals surface area contributed by atoms with E-state index in [1.165, 1.54) is 22.3 Å². The van der Waals surface area contributed by atoms with Gasteiger partial charge in [-0.1, -0.05) is 78.9 Å². The van der Waals surface area contributed by atoms with Gasteiger partial charge in [-0.05, 0) is 105 Å². The molecule has 3 aromatic carbocycles. The highest BCUT2D eigenvalue weighted by Crippen LogP contribution is 2.32. The van der Waals surface area contributed by atoms with E-state index in [9.17, 15) is 14.7 Å². The van der Waals surface area contributed by atoms with Crippen molar-refractivity contribution in [3.63, 3.8) is 0 Å². The lowest BCUT2D eigenvalue weighted by Crippen LogP contribution is -2.53. The van der Waals surface area contributed by atoms with Crippen molar-refractivity contribution in [1.29, 1.82) is 0 Å². The lowest BCUT2D eigenvalue weighted by molar-refractivity contribution is -0.121. The van der Waals surface area contributed by atoms with Crippen LogP contribution < -0.4 is 21.3 Å². The maximum Gasteiger partial charge on any atom is 0.408 e. The van der Waals surface area contributed by atoms with Crippen LogP contribution in [0.4, 0.5) is 4.79 Å². The van der Waals surface area contributed by atoms with Gasteiger partial charge >= 0.3 is 6.09 Å². The molecule has 3 aromatic rings. The number of hydrogen-bond acceptors (Lipinski definition) is 6. The standard InChI is InChI=1S/C40H50N4O4/c1-40(2,3)48-39(47)44-36(38(46)43-34-17-9-13-29-11-5-7-16-33(29)34)22-26-18-20-27(21-19-26)31-23-35(41-25-31)37(45)42-24-30-14-8-12-28-10-4-6-15-32(28)30/h4-7,10-11,15-16,18-21,23,30,34-36,38,41,43,46H,8-9,12-14,17,22,24-25H2,1-3H3,(H,42,45)(H,44,47)/t30?,34?,35-,36?,38?/m0/s1. The van der Waals surface area contributed by atoms with Crippen LogP contribution in [0.25, 0.3) is 5.57 Å². The summed E-state index contributed by atoms with van der Waals surface area (Å²) in [6.07, 6.45) is 7.22. The number of aliphatic hydroxyl groups is 1. The van der Waals surface area contributed by atoms with Crippen LogP contribution in [0.3, 0.4) is 0 Å². The Morgan fingerprint density at radius 3 is 2.31 bits per heavy atom. The van der Waals surface area contributed by atoms with Gasteiger partial charge < -0.3 is 20.5 Å². The number of hydrogen-bond donors (Lipinski definition) is 5. The normalized spacial score (nSPS) is 21.7. The first kappa shape index (κ1) is 33.9. The van der Waals surface area contributed by atoms with Gasteiger partial charge in [-0.15, -0.1) is 0 Å². The summed E-state index contributed by atoms with van der Waals surface area (Å²) in [7, 11) is 0. The van der Waals surface area contributed by atoms with Gasteiger partial charge in [0.1, 0.15) is 17.9 Å². The maximum absolute atomic E-state index is 13.1. The monoisotopic (exact) mass is 650 g/mol. The number of carbonyl (C=O) groups excluding carboxylic acids is 2. The van der Waals surface area contributed by atoms with Crippen molar-refractivity contribution in [2.75, 3.05) is 13.1 Å². The van der Waals surface area contributed by atoms with E-state index in [4.69, 9.17) is 4.74 Å². The highest BCUT2D eigenvalue weighted by atomic mass is 16.6. The number of nitrogens with one attached hydrogen (secondary N) is 4. The van der Waals surface area contributed by atoms with E-state index in [-0.39, 0.29) is 18.0 Å². The van der Waals surface area contributed by atoms with Crippen LogP contribution >= 0.6 is 0 Å². The van der Waals surface area contributed by atoms with Gasteiger partial charge in [0, 0.05) is 25.0 Å². The number of carbonyl (C=O) groups is 2. The highest BCUT2D eigenvalue weighted by molar-refractivity contribution is 5.88. The van der Waals surface area contributed by atoms with Crippen LogP contribution in [0.2, 0.25) is 0 Å². The Hall–Kier alpha value is -3.98. The molecule has 254 valence electrons. The summed E-state index contributed by atoms with van der Waals surface area (Å²) in [6.45, 7) is 6.73. The maximum atomic E-state index is 13.1. The Labute approximate surface area is 284 Å². The summed E-state index contributed by atoms with van der Waals surface area (Å²) in [5, 5.41) is 24.3. The van der Waals surface area contributed by atoms with Crippen LogP contribution in [-0.4, -0.2) is 54.1 Å². The number of benzene rings is 3. The predicted molar refractivity (Wildman–Crippen MR) is 189 cm³/mol. The number of aliphatic hydroxyl groups excluding tert-OH is 1. The van der Waals surface area contributed by atoms with E-state index < -0.39 is 24.0 Å². The Balaban J connectivity index is 1.08. The summed E-state index contributed by atoms with van der Waals surface area (Å²) in [4.78, 5) is 25.9. The van der Waals surface area contributed by atoms with Crippen molar-refractivity contribution >= 4 is 17.6 Å². The molecule has 1 heterocycles. The summed E-state index contributed by atoms with van der Waals surface area (Å²) >= 11 is 0. The van der Waals surface area contributed by atoms with E-state index >= 15 is 0 Å². The van der Waals surface area contributed by atoms with Crippen molar-refractivity contribution in [1.82, 2.24) is 21.3 Å². The number of alkyl carbamates (subject to hydrolysis) is 1. The van der Waals surface area contributed by atoms with Gasteiger partial charge in [0.25, 0.3) is 0 Å². The first-order chi connectivity index (χ1) is 23.1. The van der Waals surface area contributed by atoms with Crippen LogP contribution in [0.5, 0.6) is 0 Å². The lowest BCUT2D eigenvalue weighted by atomic mass is 9.83. The summed E-state index contributed by atoms with van der Waals surface area (Å²) in [5.74, 6) is 0.361. The average Bonchev–Trinajstić information content (AvgIpc) is 3.57. The Morgan fingerprint density at radius 2 is 1.58 bits per heavy atom. The molecule has 1 aliphatic heterocycles. The Kier molecular flexibility index (Phi) is 10.6. The second kappa shape index (κ2) is 15.1. The van der Waals surface area contributed by atoms with Crippen molar-refractivity contribution in [3.05, 3.63) is 112 Å². The second-order valence-electron chi connectivity index (χ2n) is 14.5. The van der Waals surface area contributed by atoms with E-state index in [2.05, 4.69) is 63.7 Å². The third kappa shape index (κ3) is 8.53. The fourth-order valence-electron chi connectivity index (χ4n) is 7.36. The van der Waals surface area contributed by atoms with Crippen LogP contribution in [0.15, 0.2) is 78.9 Å². The number of rotatable bonds is 10. The largest absolute Gasteiger partial charge is 0.444 e.